The van der Waals surface area contributed by atoms with Gasteiger partial charge >= 0.3 is 6.18 Å². The average Bonchev–Trinajstić information content (AvgIpc) is 3.27. The van der Waals surface area contributed by atoms with Gasteiger partial charge in [-0.15, -0.1) is 0 Å². The lowest BCUT2D eigenvalue weighted by Crippen LogP contribution is -2.31. The molecule has 4 nitrogen and oxygen atoms in total. The molecule has 0 amide bonds. The molecule has 0 N–H and O–H groups in total. The second-order valence-electron chi connectivity index (χ2n) is 8.81. The summed E-state index contributed by atoms with van der Waals surface area (Å²) >= 11 is 0. The third kappa shape index (κ3) is 4.44. The Kier molecular flexibility index (Phi) is 5.76. The van der Waals surface area contributed by atoms with Gasteiger partial charge in [0.15, 0.2) is 0 Å². The first-order valence-electron chi connectivity index (χ1n) is 11.3. The number of benzene rings is 1. The van der Waals surface area contributed by atoms with Crippen molar-refractivity contribution in [2.24, 2.45) is 0 Å². The van der Waals surface area contributed by atoms with Gasteiger partial charge in [-0.3, -0.25) is 4.90 Å². The lowest BCUT2D eigenvalue weighted by atomic mass is 9.88. The number of nitrogens with zero attached hydrogens (tertiary/aromatic N) is 3. The monoisotopic (exact) mass is 441 g/mol. The van der Waals surface area contributed by atoms with Crippen LogP contribution in [0.15, 0.2) is 47.0 Å². The van der Waals surface area contributed by atoms with Crippen molar-refractivity contribution in [1.82, 2.24) is 14.9 Å². The Hall–Kier alpha value is -2.67. The summed E-state index contributed by atoms with van der Waals surface area (Å²) in [7, 11) is 0. The van der Waals surface area contributed by atoms with E-state index in [2.05, 4.69) is 9.88 Å². The van der Waals surface area contributed by atoms with Crippen molar-refractivity contribution in [2.75, 3.05) is 6.54 Å². The van der Waals surface area contributed by atoms with Crippen LogP contribution in [0.5, 0.6) is 0 Å². The molecule has 32 heavy (non-hydrogen) atoms. The molecule has 1 saturated carbocycles. The summed E-state index contributed by atoms with van der Waals surface area (Å²) in [4.78, 5) is 11.8. The van der Waals surface area contributed by atoms with Gasteiger partial charge in [-0.1, -0.05) is 37.5 Å². The standard InChI is InChI=1S/C25H26F3N3O/c26-25(27,28)21-9-5-4-8-20(21)23-11-10-19(32-23)16-31-13-12-22-18(15-31)14-29-24(30-22)17-6-2-1-3-7-17/h4-5,8-11,14,17H,1-3,6-7,12-13,15-16H2. The third-order valence-electron chi connectivity index (χ3n) is 6.54. The van der Waals surface area contributed by atoms with Gasteiger partial charge in [-0.2, -0.15) is 13.2 Å². The van der Waals surface area contributed by atoms with Crippen molar-refractivity contribution >= 4 is 0 Å². The van der Waals surface area contributed by atoms with Gasteiger partial charge in [0.05, 0.1) is 12.1 Å². The van der Waals surface area contributed by atoms with Gasteiger partial charge in [0.1, 0.15) is 17.3 Å². The van der Waals surface area contributed by atoms with E-state index in [1.54, 1.807) is 18.2 Å². The van der Waals surface area contributed by atoms with Crippen molar-refractivity contribution < 1.29 is 17.6 Å². The number of alkyl halides is 3. The number of halogens is 3. The van der Waals surface area contributed by atoms with Crippen molar-refractivity contribution in [3.05, 3.63) is 71.0 Å². The summed E-state index contributed by atoms with van der Waals surface area (Å²) in [5.74, 6) is 2.38. The first-order chi connectivity index (χ1) is 15.5. The van der Waals surface area contributed by atoms with Gasteiger partial charge in [-0.05, 0) is 31.0 Å². The molecule has 2 aromatic heterocycles. The Labute approximate surface area is 185 Å². The van der Waals surface area contributed by atoms with Crippen LogP contribution in [0.3, 0.4) is 0 Å². The predicted molar refractivity (Wildman–Crippen MR) is 115 cm³/mol. The number of fused-ring (bicyclic) bond motifs is 1. The minimum Gasteiger partial charge on any atom is -0.460 e. The summed E-state index contributed by atoms with van der Waals surface area (Å²) in [6.07, 6.45) is 4.60. The van der Waals surface area contributed by atoms with Crippen molar-refractivity contribution in [3.8, 4) is 11.3 Å². The van der Waals surface area contributed by atoms with E-state index >= 15 is 0 Å². The first-order valence-corrected chi connectivity index (χ1v) is 11.3. The largest absolute Gasteiger partial charge is 0.460 e. The summed E-state index contributed by atoms with van der Waals surface area (Å²) < 4.78 is 45.8. The van der Waals surface area contributed by atoms with E-state index in [4.69, 9.17) is 9.40 Å². The Balaban J connectivity index is 1.28. The molecule has 0 spiro atoms. The second-order valence-corrected chi connectivity index (χ2v) is 8.81. The third-order valence-corrected chi connectivity index (χ3v) is 6.54. The second kappa shape index (κ2) is 8.70. The molecule has 0 radical (unpaired) electrons. The normalized spacial score (nSPS) is 18.0. The maximum atomic E-state index is 13.3. The summed E-state index contributed by atoms with van der Waals surface area (Å²) in [6.45, 7) is 2.09. The van der Waals surface area contributed by atoms with Crippen molar-refractivity contribution in [3.63, 3.8) is 0 Å². The molecule has 0 saturated heterocycles. The van der Waals surface area contributed by atoms with Gasteiger partial charge in [0.25, 0.3) is 0 Å². The van der Waals surface area contributed by atoms with Crippen LogP contribution in [0, 0.1) is 0 Å². The maximum absolute atomic E-state index is 13.3. The highest BCUT2D eigenvalue weighted by molar-refractivity contribution is 5.63. The van der Waals surface area contributed by atoms with E-state index in [-0.39, 0.29) is 11.3 Å². The zero-order valence-corrected chi connectivity index (χ0v) is 17.9. The lowest BCUT2D eigenvalue weighted by molar-refractivity contribution is -0.137. The van der Waals surface area contributed by atoms with Gasteiger partial charge < -0.3 is 4.42 Å². The molecule has 0 atom stereocenters. The van der Waals surface area contributed by atoms with E-state index < -0.39 is 11.7 Å². The zero-order chi connectivity index (χ0) is 22.1. The van der Waals surface area contributed by atoms with Crippen LogP contribution >= 0.6 is 0 Å². The molecule has 1 aromatic carbocycles. The van der Waals surface area contributed by atoms with E-state index in [0.29, 0.717) is 18.2 Å². The van der Waals surface area contributed by atoms with E-state index in [1.807, 2.05) is 6.20 Å². The predicted octanol–water partition coefficient (Wildman–Crippen LogP) is 6.36. The molecule has 1 fully saturated rings. The molecular weight excluding hydrogens is 415 g/mol. The zero-order valence-electron chi connectivity index (χ0n) is 17.9. The van der Waals surface area contributed by atoms with E-state index in [1.165, 1.54) is 44.2 Å². The molecule has 3 aromatic rings. The summed E-state index contributed by atoms with van der Waals surface area (Å²) in [5, 5.41) is 0. The van der Waals surface area contributed by atoms with Crippen LogP contribution in [0.4, 0.5) is 13.2 Å². The van der Waals surface area contributed by atoms with E-state index in [0.717, 1.165) is 42.7 Å². The molecule has 168 valence electrons. The fraction of sp³-hybridized carbons (Fsp3) is 0.440. The fourth-order valence-electron chi connectivity index (χ4n) is 4.86. The van der Waals surface area contributed by atoms with Crippen LogP contribution in [-0.4, -0.2) is 21.4 Å². The van der Waals surface area contributed by atoms with Gasteiger partial charge in [-0.25, -0.2) is 9.97 Å². The van der Waals surface area contributed by atoms with Crippen molar-refractivity contribution in [1.29, 1.82) is 0 Å². The summed E-state index contributed by atoms with van der Waals surface area (Å²) in [6, 6.07) is 8.90. The number of hydrogen-bond donors (Lipinski definition) is 0. The minimum atomic E-state index is -4.42. The molecule has 5 rings (SSSR count). The van der Waals surface area contributed by atoms with Crippen LogP contribution in [0.2, 0.25) is 0 Å². The Morgan fingerprint density at radius 3 is 2.66 bits per heavy atom. The smallest absolute Gasteiger partial charge is 0.417 e. The van der Waals surface area contributed by atoms with Gasteiger partial charge in [0.2, 0.25) is 0 Å². The van der Waals surface area contributed by atoms with Crippen LogP contribution < -0.4 is 0 Å². The molecule has 0 unspecified atom stereocenters. The SMILES string of the molecule is FC(F)(F)c1ccccc1-c1ccc(CN2CCc3nc(C4CCCCC4)ncc3C2)o1. The molecule has 1 aliphatic heterocycles. The molecular formula is C25H26F3N3O. The number of hydrogen-bond acceptors (Lipinski definition) is 4. The number of furan rings is 1. The summed E-state index contributed by atoms with van der Waals surface area (Å²) in [5.41, 5.74) is 1.65. The quantitative estimate of drug-likeness (QED) is 0.472. The highest BCUT2D eigenvalue weighted by Crippen LogP contribution is 2.38. The van der Waals surface area contributed by atoms with Crippen LogP contribution in [0.1, 0.15) is 66.4 Å². The fourth-order valence-corrected chi connectivity index (χ4v) is 4.86. The Morgan fingerprint density at radius 2 is 1.84 bits per heavy atom. The molecule has 0 bridgehead atoms. The van der Waals surface area contributed by atoms with Gasteiger partial charge in [0, 0.05) is 48.4 Å². The Bertz CT molecular complexity index is 1090. The Morgan fingerprint density at radius 1 is 1.03 bits per heavy atom. The average molecular weight is 441 g/mol. The highest BCUT2D eigenvalue weighted by Gasteiger charge is 2.34. The maximum Gasteiger partial charge on any atom is 0.417 e. The van der Waals surface area contributed by atoms with Crippen LogP contribution in [0.25, 0.3) is 11.3 Å². The first kappa shape index (κ1) is 21.2. The lowest BCUT2D eigenvalue weighted by Gasteiger charge is -2.28. The molecule has 2 aliphatic rings. The number of aromatic nitrogens is 2. The number of rotatable bonds is 4. The molecule has 3 heterocycles. The molecule has 7 heteroatoms. The van der Waals surface area contributed by atoms with Crippen molar-refractivity contribution in [2.45, 2.75) is 63.7 Å². The highest BCUT2D eigenvalue weighted by atomic mass is 19.4. The molecule has 1 aliphatic carbocycles. The minimum absolute atomic E-state index is 0.0684. The van der Waals surface area contributed by atoms with E-state index in [9.17, 15) is 13.2 Å². The van der Waals surface area contributed by atoms with Crippen LogP contribution in [-0.2, 0) is 25.7 Å². The topological polar surface area (TPSA) is 42.2 Å².